The quantitative estimate of drug-likeness (QED) is 0.660. The monoisotopic (exact) mass is 449 g/mol. The summed E-state index contributed by atoms with van der Waals surface area (Å²) in [6.07, 6.45) is 2.37. The minimum Gasteiger partial charge on any atom is -0.379 e. The third-order valence-corrected chi connectivity index (χ3v) is 8.74. The van der Waals surface area contributed by atoms with Crippen LogP contribution < -0.4 is 4.90 Å². The standard InChI is InChI=1S/C22H31N3O5S/c1-3-24(4-2)31(28,29)19-7-5-18(6-8-19)25-14-17(13-20(25)26)21(27)23-11-12-30-16-22(15-23)9-10-22/h5-8,17H,3-4,9-16H2,1-2H3. The van der Waals surface area contributed by atoms with Gasteiger partial charge in [-0.1, -0.05) is 13.8 Å². The molecule has 0 radical (unpaired) electrons. The summed E-state index contributed by atoms with van der Waals surface area (Å²) < 4.78 is 32.4. The summed E-state index contributed by atoms with van der Waals surface area (Å²) in [5.41, 5.74) is 0.748. The number of ether oxygens (including phenoxy) is 1. The summed E-state index contributed by atoms with van der Waals surface area (Å²) >= 11 is 0. The second kappa shape index (κ2) is 8.52. The van der Waals surface area contributed by atoms with Gasteiger partial charge in [0.05, 0.1) is 24.0 Å². The lowest BCUT2D eigenvalue weighted by Gasteiger charge is -2.26. The van der Waals surface area contributed by atoms with Crippen LogP contribution in [-0.2, 0) is 24.3 Å². The molecule has 1 unspecified atom stereocenters. The molecule has 2 saturated heterocycles. The highest BCUT2D eigenvalue weighted by Gasteiger charge is 2.47. The van der Waals surface area contributed by atoms with E-state index in [1.807, 2.05) is 4.90 Å². The Kier molecular flexibility index (Phi) is 6.11. The van der Waals surface area contributed by atoms with E-state index in [-0.39, 0.29) is 34.5 Å². The van der Waals surface area contributed by atoms with Gasteiger partial charge in [-0.05, 0) is 37.1 Å². The Morgan fingerprint density at radius 1 is 1.19 bits per heavy atom. The molecule has 2 amide bonds. The van der Waals surface area contributed by atoms with E-state index < -0.39 is 10.0 Å². The number of anilines is 1. The fraction of sp³-hybridized carbons (Fsp3) is 0.636. The van der Waals surface area contributed by atoms with Crippen LogP contribution in [0.1, 0.15) is 33.1 Å². The molecule has 1 aromatic carbocycles. The smallest absolute Gasteiger partial charge is 0.243 e. The van der Waals surface area contributed by atoms with E-state index in [9.17, 15) is 18.0 Å². The van der Waals surface area contributed by atoms with Gasteiger partial charge in [-0.15, -0.1) is 0 Å². The average Bonchev–Trinajstić information content (AvgIpc) is 3.47. The number of carbonyl (C=O) groups excluding carboxylic acids is 2. The highest BCUT2D eigenvalue weighted by molar-refractivity contribution is 7.89. The highest BCUT2D eigenvalue weighted by Crippen LogP contribution is 2.47. The van der Waals surface area contributed by atoms with Crippen LogP contribution in [0.2, 0.25) is 0 Å². The molecule has 4 rings (SSSR count). The first-order valence-corrected chi connectivity index (χ1v) is 12.5. The molecule has 1 aliphatic carbocycles. The maximum atomic E-state index is 13.1. The van der Waals surface area contributed by atoms with E-state index in [1.54, 1.807) is 30.9 Å². The molecular weight excluding hydrogens is 418 g/mol. The van der Waals surface area contributed by atoms with E-state index in [2.05, 4.69) is 0 Å². The Morgan fingerprint density at radius 3 is 2.48 bits per heavy atom. The highest BCUT2D eigenvalue weighted by atomic mass is 32.2. The van der Waals surface area contributed by atoms with Gasteiger partial charge in [0.25, 0.3) is 0 Å². The minimum absolute atomic E-state index is 0.0216. The molecular formula is C22H31N3O5S. The van der Waals surface area contributed by atoms with Gasteiger partial charge < -0.3 is 14.5 Å². The molecule has 170 valence electrons. The molecule has 31 heavy (non-hydrogen) atoms. The Labute approximate surface area is 184 Å². The molecule has 2 aliphatic heterocycles. The molecule has 1 spiro atoms. The van der Waals surface area contributed by atoms with E-state index in [1.165, 1.54) is 16.4 Å². The number of sulfonamides is 1. The van der Waals surface area contributed by atoms with Crippen molar-refractivity contribution in [3.05, 3.63) is 24.3 Å². The molecule has 0 aromatic heterocycles. The molecule has 2 heterocycles. The van der Waals surface area contributed by atoms with Crippen LogP contribution in [0.4, 0.5) is 5.69 Å². The van der Waals surface area contributed by atoms with Crippen molar-refractivity contribution in [3.63, 3.8) is 0 Å². The molecule has 9 heteroatoms. The minimum atomic E-state index is -3.55. The zero-order valence-electron chi connectivity index (χ0n) is 18.2. The van der Waals surface area contributed by atoms with Crippen LogP contribution in [0.3, 0.4) is 0 Å². The zero-order chi connectivity index (χ0) is 22.2. The molecule has 3 fully saturated rings. The summed E-state index contributed by atoms with van der Waals surface area (Å²) in [4.78, 5) is 29.5. The summed E-state index contributed by atoms with van der Waals surface area (Å²) in [6, 6.07) is 6.38. The number of benzene rings is 1. The van der Waals surface area contributed by atoms with Crippen LogP contribution in [0.5, 0.6) is 0 Å². The van der Waals surface area contributed by atoms with Gasteiger partial charge in [-0.25, -0.2) is 8.42 Å². The molecule has 1 atom stereocenters. The Bertz CT molecular complexity index is 938. The normalized spacial score (nSPS) is 23.5. The van der Waals surface area contributed by atoms with Gasteiger partial charge >= 0.3 is 0 Å². The lowest BCUT2D eigenvalue weighted by atomic mass is 10.0. The topological polar surface area (TPSA) is 87.2 Å². The molecule has 1 aromatic rings. The molecule has 0 bridgehead atoms. The first-order valence-electron chi connectivity index (χ1n) is 11.1. The van der Waals surface area contributed by atoms with Crippen LogP contribution >= 0.6 is 0 Å². The van der Waals surface area contributed by atoms with Crippen molar-refractivity contribution in [2.24, 2.45) is 11.3 Å². The number of hydrogen-bond acceptors (Lipinski definition) is 5. The fourth-order valence-electron chi connectivity index (χ4n) is 4.55. The van der Waals surface area contributed by atoms with Gasteiger partial charge in [-0.2, -0.15) is 4.31 Å². The number of rotatable bonds is 6. The first-order chi connectivity index (χ1) is 14.8. The van der Waals surface area contributed by atoms with Gasteiger partial charge in [-0.3, -0.25) is 9.59 Å². The second-order valence-corrected chi connectivity index (χ2v) is 10.7. The van der Waals surface area contributed by atoms with Gasteiger partial charge in [0.1, 0.15) is 0 Å². The van der Waals surface area contributed by atoms with Crippen molar-refractivity contribution in [2.75, 3.05) is 50.8 Å². The van der Waals surface area contributed by atoms with E-state index in [0.717, 1.165) is 19.4 Å². The van der Waals surface area contributed by atoms with Crippen molar-refractivity contribution in [1.82, 2.24) is 9.21 Å². The molecule has 1 saturated carbocycles. The first kappa shape index (κ1) is 22.2. The summed E-state index contributed by atoms with van der Waals surface area (Å²) in [5, 5.41) is 0. The lowest BCUT2D eigenvalue weighted by molar-refractivity contribution is -0.136. The molecule has 3 aliphatic rings. The van der Waals surface area contributed by atoms with E-state index in [0.29, 0.717) is 45.0 Å². The predicted octanol–water partition coefficient (Wildman–Crippen LogP) is 1.71. The maximum absolute atomic E-state index is 13.1. The third kappa shape index (κ3) is 4.36. The van der Waals surface area contributed by atoms with Crippen molar-refractivity contribution in [3.8, 4) is 0 Å². The Hall–Kier alpha value is -1.97. The summed E-state index contributed by atoms with van der Waals surface area (Å²) in [7, 11) is -3.55. The van der Waals surface area contributed by atoms with Crippen LogP contribution in [0.15, 0.2) is 29.2 Å². The predicted molar refractivity (Wildman–Crippen MR) is 116 cm³/mol. The van der Waals surface area contributed by atoms with Gasteiger partial charge in [0.15, 0.2) is 0 Å². The average molecular weight is 450 g/mol. The van der Waals surface area contributed by atoms with Crippen molar-refractivity contribution < 1.29 is 22.7 Å². The zero-order valence-corrected chi connectivity index (χ0v) is 19.1. The Balaban J connectivity index is 1.45. The fourth-order valence-corrected chi connectivity index (χ4v) is 6.01. The van der Waals surface area contributed by atoms with E-state index >= 15 is 0 Å². The maximum Gasteiger partial charge on any atom is 0.243 e. The summed E-state index contributed by atoms with van der Waals surface area (Å²) in [6.45, 7) is 7.28. The molecule has 8 nitrogen and oxygen atoms in total. The SMILES string of the molecule is CCN(CC)S(=O)(=O)c1ccc(N2CC(C(=O)N3CCOCC4(CC4)C3)CC2=O)cc1. The van der Waals surface area contributed by atoms with Crippen molar-refractivity contribution in [1.29, 1.82) is 0 Å². The number of amides is 2. The second-order valence-electron chi connectivity index (χ2n) is 8.80. The third-order valence-electron chi connectivity index (χ3n) is 6.67. The number of carbonyl (C=O) groups is 2. The van der Waals surface area contributed by atoms with Crippen LogP contribution in [0, 0.1) is 11.3 Å². The van der Waals surface area contributed by atoms with Crippen LogP contribution in [-0.4, -0.2) is 75.4 Å². The van der Waals surface area contributed by atoms with E-state index in [4.69, 9.17) is 4.74 Å². The number of nitrogens with zero attached hydrogens (tertiary/aromatic N) is 3. The molecule has 0 N–H and O–H groups in total. The largest absolute Gasteiger partial charge is 0.379 e. The van der Waals surface area contributed by atoms with Crippen molar-refractivity contribution >= 4 is 27.5 Å². The van der Waals surface area contributed by atoms with Gasteiger partial charge in [0.2, 0.25) is 21.8 Å². The van der Waals surface area contributed by atoms with Gasteiger partial charge in [0, 0.05) is 50.2 Å². The van der Waals surface area contributed by atoms with Crippen molar-refractivity contribution in [2.45, 2.75) is 38.0 Å². The van der Waals surface area contributed by atoms with Crippen LogP contribution in [0.25, 0.3) is 0 Å². The summed E-state index contributed by atoms with van der Waals surface area (Å²) in [5.74, 6) is -0.459. The Morgan fingerprint density at radius 2 is 1.87 bits per heavy atom. The number of hydrogen-bond donors (Lipinski definition) is 0. The lowest BCUT2D eigenvalue weighted by Crippen LogP contribution is -2.41.